The van der Waals surface area contributed by atoms with Crippen molar-refractivity contribution in [3.63, 3.8) is 0 Å². The van der Waals surface area contributed by atoms with Gasteiger partial charge in [0.05, 0.1) is 0 Å². The first kappa shape index (κ1) is 14.7. The third-order valence-electron chi connectivity index (χ3n) is 1.50. The summed E-state index contributed by atoms with van der Waals surface area (Å²) < 4.78 is 26.2. The van der Waals surface area contributed by atoms with Crippen molar-refractivity contribution in [1.82, 2.24) is 0 Å². The van der Waals surface area contributed by atoms with Crippen LogP contribution in [0.3, 0.4) is 0 Å². The monoisotopic (exact) mass is 232 g/mol. The molecule has 0 saturated heterocycles. The fourth-order valence-corrected chi connectivity index (χ4v) is 1.20. The van der Waals surface area contributed by atoms with Crippen LogP contribution in [0.15, 0.2) is 29.2 Å². The summed E-state index contributed by atoms with van der Waals surface area (Å²) in [6.45, 7) is 2.04. The van der Waals surface area contributed by atoms with Crippen molar-refractivity contribution in [3.05, 3.63) is 24.3 Å². The molecule has 0 aliphatic rings. The van der Waals surface area contributed by atoms with E-state index in [9.17, 15) is 8.76 Å². The summed E-state index contributed by atoms with van der Waals surface area (Å²) in [4.78, 5) is 0.249. The molecule has 0 amide bonds. The molecule has 0 fully saturated rings. The van der Waals surface area contributed by atoms with E-state index in [-0.39, 0.29) is 34.5 Å². The Morgan fingerprint density at radius 1 is 1.40 bits per heavy atom. The second-order valence-corrected chi connectivity index (χ2v) is 3.36. The summed E-state index contributed by atoms with van der Waals surface area (Å²) in [5.41, 5.74) is 0. The van der Waals surface area contributed by atoms with Gasteiger partial charge in [-0.2, -0.15) is 0 Å². The molecule has 0 spiro atoms. The third-order valence-corrected chi connectivity index (χ3v) is 2.16. The summed E-state index contributed by atoms with van der Waals surface area (Å²) >= 11 is -2.18. The van der Waals surface area contributed by atoms with E-state index in [1.807, 2.05) is 0 Å². The molecule has 0 radical (unpaired) electrons. The van der Waals surface area contributed by atoms with Crippen molar-refractivity contribution < 1.29 is 43.1 Å². The second kappa shape index (κ2) is 7.91. The minimum Gasteiger partial charge on any atom is -0.768 e. The van der Waals surface area contributed by atoms with Crippen molar-refractivity contribution in [2.75, 3.05) is 6.61 Å². The van der Waals surface area contributed by atoms with Crippen molar-refractivity contribution >= 4 is 11.1 Å². The fraction of sp³-hybridized carbons (Fsp3) is 0.200. The predicted molar refractivity (Wildman–Crippen MR) is 52.6 cm³/mol. The van der Waals surface area contributed by atoms with Gasteiger partial charge < -0.3 is 9.29 Å². The maximum Gasteiger partial charge on any atom is 1.00 e. The van der Waals surface area contributed by atoms with Crippen molar-refractivity contribution in [2.45, 2.75) is 11.8 Å². The molecule has 0 aromatic heterocycles. The van der Waals surface area contributed by atoms with Gasteiger partial charge in [0.15, 0.2) is 0 Å². The van der Waals surface area contributed by atoms with Gasteiger partial charge >= 0.3 is 29.6 Å². The van der Waals surface area contributed by atoms with Crippen LogP contribution in [0.5, 0.6) is 5.75 Å². The Morgan fingerprint density at radius 3 is 2.47 bits per heavy atom. The van der Waals surface area contributed by atoms with Crippen LogP contribution in [0.1, 0.15) is 6.92 Å². The summed E-state index contributed by atoms with van der Waals surface area (Å²) in [5.74, 6) is 6.05. The van der Waals surface area contributed by atoms with Gasteiger partial charge in [-0.15, -0.1) is 5.92 Å². The molecular weight excluding hydrogens is 223 g/mol. The van der Waals surface area contributed by atoms with Crippen LogP contribution in [0, 0.1) is 11.8 Å². The maximum absolute atomic E-state index is 10.5. The first-order valence-corrected chi connectivity index (χ1v) is 5.03. The van der Waals surface area contributed by atoms with E-state index in [0.29, 0.717) is 12.4 Å². The van der Waals surface area contributed by atoms with Crippen molar-refractivity contribution in [2.24, 2.45) is 0 Å². The Morgan fingerprint density at radius 2 is 2.00 bits per heavy atom. The third kappa shape index (κ3) is 5.36. The first-order chi connectivity index (χ1) is 6.74. The Balaban J connectivity index is 0.00000196. The van der Waals surface area contributed by atoms with E-state index in [0.717, 1.165) is 0 Å². The minimum absolute atomic E-state index is 0. The Bertz CT molecular complexity index is 378. The molecule has 0 saturated carbocycles. The van der Waals surface area contributed by atoms with Gasteiger partial charge in [0.1, 0.15) is 12.4 Å². The molecule has 5 heteroatoms. The van der Waals surface area contributed by atoms with E-state index in [4.69, 9.17) is 4.74 Å². The van der Waals surface area contributed by atoms with Crippen LogP contribution in [-0.4, -0.2) is 15.4 Å². The standard InChI is InChI=1S/C10H10O3S.Na/c1-2-3-8-13-9-4-6-10(7-5-9)14(11)12;/h4-7H,8H2,1H3,(H,11,12);/q;+1/p-1. The average Bonchev–Trinajstić information content (AvgIpc) is 2.19. The fourth-order valence-electron chi connectivity index (χ4n) is 0.839. The Hall–Kier alpha value is -0.310. The van der Waals surface area contributed by atoms with E-state index in [2.05, 4.69) is 11.8 Å². The first-order valence-electron chi connectivity index (χ1n) is 3.96. The normalized spacial score (nSPS) is 10.5. The van der Waals surface area contributed by atoms with Crippen LogP contribution in [0.4, 0.5) is 0 Å². The molecule has 15 heavy (non-hydrogen) atoms. The molecule has 1 aromatic carbocycles. The molecule has 1 rings (SSSR count). The van der Waals surface area contributed by atoms with Crippen molar-refractivity contribution in [1.29, 1.82) is 0 Å². The molecule has 0 heterocycles. The SMILES string of the molecule is CC#CCOc1ccc(S(=O)[O-])cc1.[Na+]. The topological polar surface area (TPSA) is 49.4 Å². The molecule has 0 N–H and O–H groups in total. The number of rotatable bonds is 3. The van der Waals surface area contributed by atoms with Gasteiger partial charge in [0.2, 0.25) is 0 Å². The van der Waals surface area contributed by atoms with E-state index >= 15 is 0 Å². The van der Waals surface area contributed by atoms with Gasteiger partial charge in [-0.25, -0.2) is 0 Å². The van der Waals surface area contributed by atoms with Gasteiger partial charge in [0.25, 0.3) is 0 Å². The zero-order valence-corrected chi connectivity index (χ0v) is 11.5. The molecule has 74 valence electrons. The molecule has 0 bridgehead atoms. The molecule has 1 aromatic rings. The Kier molecular flexibility index (Phi) is 7.75. The van der Waals surface area contributed by atoms with Crippen molar-refractivity contribution in [3.8, 4) is 17.6 Å². The van der Waals surface area contributed by atoms with E-state index in [1.165, 1.54) is 12.1 Å². The number of hydrogen-bond acceptors (Lipinski definition) is 3. The van der Waals surface area contributed by atoms with Crippen LogP contribution in [-0.2, 0) is 11.1 Å². The van der Waals surface area contributed by atoms with Gasteiger partial charge in [-0.05, 0) is 42.3 Å². The average molecular weight is 232 g/mol. The van der Waals surface area contributed by atoms with Crippen LogP contribution in [0.25, 0.3) is 0 Å². The van der Waals surface area contributed by atoms with Gasteiger partial charge in [-0.1, -0.05) is 5.92 Å². The number of benzene rings is 1. The summed E-state index contributed by atoms with van der Waals surface area (Å²) in [7, 11) is 0. The molecular formula is C10H9NaO3S. The Labute approximate surface area is 114 Å². The zero-order valence-electron chi connectivity index (χ0n) is 8.65. The molecule has 1 unspecified atom stereocenters. The largest absolute Gasteiger partial charge is 1.00 e. The molecule has 0 aliphatic carbocycles. The number of ether oxygens (including phenoxy) is 1. The zero-order chi connectivity index (χ0) is 10.4. The van der Waals surface area contributed by atoms with E-state index in [1.54, 1.807) is 19.1 Å². The smallest absolute Gasteiger partial charge is 0.768 e. The van der Waals surface area contributed by atoms with Gasteiger partial charge in [-0.3, -0.25) is 4.21 Å². The maximum atomic E-state index is 10.5. The molecule has 1 atom stereocenters. The quantitative estimate of drug-likeness (QED) is 0.356. The van der Waals surface area contributed by atoms with E-state index < -0.39 is 11.1 Å². The predicted octanol–water partition coefficient (Wildman–Crippen LogP) is -1.67. The summed E-state index contributed by atoms with van der Waals surface area (Å²) in [6.07, 6.45) is 0. The second-order valence-electron chi connectivity index (χ2n) is 2.42. The van der Waals surface area contributed by atoms with Crippen LogP contribution in [0.2, 0.25) is 0 Å². The number of hydrogen-bond donors (Lipinski definition) is 0. The van der Waals surface area contributed by atoms with Crippen LogP contribution >= 0.6 is 0 Å². The summed E-state index contributed by atoms with van der Waals surface area (Å²) in [5, 5.41) is 0. The minimum atomic E-state index is -2.18. The summed E-state index contributed by atoms with van der Waals surface area (Å²) in [6, 6.07) is 6.17. The van der Waals surface area contributed by atoms with Gasteiger partial charge in [0, 0.05) is 4.90 Å². The molecule has 3 nitrogen and oxygen atoms in total. The van der Waals surface area contributed by atoms with Crippen LogP contribution < -0.4 is 34.3 Å². The molecule has 0 aliphatic heterocycles.